The largest absolute Gasteiger partial charge is 0.493 e. The molecule has 0 spiro atoms. The van der Waals surface area contributed by atoms with E-state index in [4.69, 9.17) is 19.0 Å². The van der Waals surface area contributed by atoms with Gasteiger partial charge in [0, 0.05) is 5.38 Å². The van der Waals surface area contributed by atoms with Crippen LogP contribution in [-0.4, -0.2) is 37.6 Å². The number of oxime groups is 1. The highest BCUT2D eigenvalue weighted by atomic mass is 32.1. The fourth-order valence-corrected chi connectivity index (χ4v) is 3.77. The van der Waals surface area contributed by atoms with Crippen molar-refractivity contribution in [1.29, 1.82) is 0 Å². The van der Waals surface area contributed by atoms with Crippen LogP contribution in [0.4, 0.5) is 0 Å². The van der Waals surface area contributed by atoms with Gasteiger partial charge in [-0.05, 0) is 76.6 Å². The van der Waals surface area contributed by atoms with Crippen LogP contribution in [0.3, 0.4) is 0 Å². The van der Waals surface area contributed by atoms with Gasteiger partial charge < -0.3 is 19.0 Å². The Morgan fingerprint density at radius 2 is 1.71 bits per heavy atom. The van der Waals surface area contributed by atoms with Gasteiger partial charge in [0.05, 0.1) is 13.2 Å². The van der Waals surface area contributed by atoms with Gasteiger partial charge in [0.1, 0.15) is 36.6 Å². The van der Waals surface area contributed by atoms with E-state index in [1.807, 2.05) is 43.5 Å². The smallest absolute Gasteiger partial charge is 0.273 e. The number of aromatic nitrogens is 1. The molecule has 0 saturated carbocycles. The van der Waals surface area contributed by atoms with E-state index in [2.05, 4.69) is 24.0 Å². The third kappa shape index (κ3) is 8.61. The van der Waals surface area contributed by atoms with E-state index >= 15 is 0 Å². The Morgan fingerprint density at radius 1 is 1.03 bits per heavy atom. The summed E-state index contributed by atoms with van der Waals surface area (Å²) >= 11 is 1.48. The summed E-state index contributed by atoms with van der Waals surface area (Å²) in [4.78, 5) is 9.18. The summed E-state index contributed by atoms with van der Waals surface area (Å²) < 4.78 is 17.5. The Labute approximate surface area is 189 Å². The average Bonchev–Trinajstić information content (AvgIpc) is 3.21. The molecule has 0 saturated heterocycles. The summed E-state index contributed by atoms with van der Waals surface area (Å²) in [5.74, 6) is 1.85. The molecule has 170 valence electrons. The molecule has 1 aromatic carbocycles. The van der Waals surface area contributed by atoms with Gasteiger partial charge >= 0.3 is 0 Å². The Kier molecular flexibility index (Phi) is 10.9. The number of nitrogens with zero attached hydrogens (tertiary/aromatic N) is 2. The van der Waals surface area contributed by atoms with Crippen LogP contribution >= 0.6 is 11.3 Å². The molecular formula is C24H34N2O4S. The topological polar surface area (TPSA) is 62.2 Å². The summed E-state index contributed by atoms with van der Waals surface area (Å²) in [5.41, 5.74) is 3.76. The second-order valence-corrected chi connectivity index (χ2v) is 8.06. The SMILES string of the molecule is C/C=C/COc1cc(C)c(OCCCCCCOc2nc(/C(C)=N/OC)cs2)c(C)c1. The molecule has 0 bridgehead atoms. The highest BCUT2D eigenvalue weighted by Gasteiger charge is 2.08. The molecule has 1 aromatic heterocycles. The van der Waals surface area contributed by atoms with Gasteiger partial charge in [-0.15, -0.1) is 0 Å². The molecule has 1 heterocycles. The first-order chi connectivity index (χ1) is 15.0. The van der Waals surface area contributed by atoms with E-state index in [9.17, 15) is 0 Å². The lowest BCUT2D eigenvalue weighted by molar-refractivity contribution is 0.213. The van der Waals surface area contributed by atoms with Gasteiger partial charge in [0.15, 0.2) is 0 Å². The van der Waals surface area contributed by atoms with Crippen LogP contribution < -0.4 is 14.2 Å². The number of aryl methyl sites for hydroxylation is 2. The van der Waals surface area contributed by atoms with Crippen LogP contribution in [0.1, 0.15) is 56.4 Å². The minimum absolute atomic E-state index is 0.588. The maximum Gasteiger partial charge on any atom is 0.273 e. The fourth-order valence-electron chi connectivity index (χ4n) is 3.03. The fraction of sp³-hybridized carbons (Fsp3) is 0.500. The van der Waals surface area contributed by atoms with E-state index in [1.54, 1.807) is 0 Å². The molecule has 0 N–H and O–H groups in total. The summed E-state index contributed by atoms with van der Waals surface area (Å²) in [6.45, 7) is 9.95. The predicted octanol–water partition coefficient (Wildman–Crippen LogP) is 6.10. The number of hydrogen-bond donors (Lipinski definition) is 0. The zero-order chi connectivity index (χ0) is 22.5. The molecule has 0 amide bonds. The average molecular weight is 447 g/mol. The first kappa shape index (κ1) is 24.7. The molecule has 7 heteroatoms. The van der Waals surface area contributed by atoms with E-state index in [0.29, 0.717) is 18.4 Å². The molecule has 0 aliphatic carbocycles. The van der Waals surface area contributed by atoms with Crippen molar-refractivity contribution in [1.82, 2.24) is 4.98 Å². The lowest BCUT2D eigenvalue weighted by atomic mass is 10.1. The first-order valence-electron chi connectivity index (χ1n) is 10.7. The minimum atomic E-state index is 0.588. The van der Waals surface area contributed by atoms with Crippen molar-refractivity contribution >= 4 is 17.0 Å². The van der Waals surface area contributed by atoms with Gasteiger partial charge in [-0.3, -0.25) is 0 Å². The van der Waals surface area contributed by atoms with Crippen LogP contribution in [0, 0.1) is 13.8 Å². The van der Waals surface area contributed by atoms with Gasteiger partial charge in [-0.2, -0.15) is 0 Å². The van der Waals surface area contributed by atoms with Crippen LogP contribution in [0.25, 0.3) is 0 Å². The zero-order valence-corrected chi connectivity index (χ0v) is 20.1. The molecule has 2 rings (SSSR count). The Bertz CT molecular complexity index is 838. The first-order valence-corrected chi connectivity index (χ1v) is 11.6. The number of thiazole rings is 1. The van der Waals surface area contributed by atoms with Crippen molar-refractivity contribution < 1.29 is 19.0 Å². The molecule has 0 radical (unpaired) electrons. The number of allylic oxidation sites excluding steroid dienone is 1. The number of benzene rings is 1. The van der Waals surface area contributed by atoms with E-state index in [1.165, 1.54) is 18.4 Å². The third-order valence-corrected chi connectivity index (χ3v) is 5.36. The highest BCUT2D eigenvalue weighted by molar-refractivity contribution is 7.11. The van der Waals surface area contributed by atoms with E-state index in [-0.39, 0.29) is 0 Å². The molecule has 2 aromatic rings. The third-order valence-electron chi connectivity index (χ3n) is 4.61. The second-order valence-electron chi connectivity index (χ2n) is 7.24. The molecule has 0 atom stereocenters. The van der Waals surface area contributed by atoms with Crippen LogP contribution in [0.5, 0.6) is 16.7 Å². The Morgan fingerprint density at radius 3 is 2.35 bits per heavy atom. The van der Waals surface area contributed by atoms with Crippen molar-refractivity contribution in [2.24, 2.45) is 5.16 Å². The van der Waals surface area contributed by atoms with Gasteiger partial charge in [-0.25, -0.2) is 4.98 Å². The minimum Gasteiger partial charge on any atom is -0.493 e. The van der Waals surface area contributed by atoms with E-state index in [0.717, 1.165) is 66.3 Å². The van der Waals surface area contributed by atoms with Crippen molar-refractivity contribution in [2.75, 3.05) is 26.9 Å². The van der Waals surface area contributed by atoms with Gasteiger partial charge in [0.2, 0.25) is 0 Å². The molecule has 0 unspecified atom stereocenters. The van der Waals surface area contributed by atoms with Crippen LogP contribution in [-0.2, 0) is 4.84 Å². The van der Waals surface area contributed by atoms with Crippen LogP contribution in [0.15, 0.2) is 34.8 Å². The maximum absolute atomic E-state index is 6.04. The summed E-state index contributed by atoms with van der Waals surface area (Å²) in [6, 6.07) is 4.08. The summed E-state index contributed by atoms with van der Waals surface area (Å²) in [6.07, 6.45) is 8.20. The van der Waals surface area contributed by atoms with Gasteiger partial charge in [0.25, 0.3) is 5.19 Å². The lowest BCUT2D eigenvalue weighted by Crippen LogP contribution is -2.03. The molecule has 31 heavy (non-hydrogen) atoms. The molecule has 0 aliphatic heterocycles. The van der Waals surface area contributed by atoms with Crippen molar-refractivity contribution in [3.63, 3.8) is 0 Å². The van der Waals surface area contributed by atoms with Crippen molar-refractivity contribution in [2.45, 2.75) is 53.4 Å². The maximum atomic E-state index is 6.04. The zero-order valence-electron chi connectivity index (χ0n) is 19.3. The summed E-state index contributed by atoms with van der Waals surface area (Å²) in [5, 5.41) is 6.48. The van der Waals surface area contributed by atoms with Crippen LogP contribution in [0.2, 0.25) is 0 Å². The van der Waals surface area contributed by atoms with Crippen molar-refractivity contribution in [3.8, 4) is 16.7 Å². The highest BCUT2D eigenvalue weighted by Crippen LogP contribution is 2.28. The Balaban J connectivity index is 1.62. The standard InChI is InChI=1S/C24H34N2O4S/c1-6-7-12-28-21-15-18(2)23(19(3)16-21)29-13-10-8-9-11-14-30-24-25-22(17-31-24)20(4)26-27-5/h6-7,15-17H,8-14H2,1-5H3/b7-6+,26-20+. The second kappa shape index (κ2) is 13.7. The monoisotopic (exact) mass is 446 g/mol. The normalized spacial score (nSPS) is 11.7. The lowest BCUT2D eigenvalue weighted by Gasteiger charge is -2.14. The number of hydrogen-bond acceptors (Lipinski definition) is 7. The molecule has 0 fully saturated rings. The summed E-state index contributed by atoms with van der Waals surface area (Å²) in [7, 11) is 1.53. The molecular weight excluding hydrogens is 412 g/mol. The number of ether oxygens (including phenoxy) is 3. The predicted molar refractivity (Wildman–Crippen MR) is 127 cm³/mol. The quantitative estimate of drug-likeness (QED) is 0.152. The Hall–Kier alpha value is -2.54. The van der Waals surface area contributed by atoms with E-state index < -0.39 is 0 Å². The molecule has 0 aliphatic rings. The number of rotatable bonds is 14. The van der Waals surface area contributed by atoms with Crippen molar-refractivity contribution in [3.05, 3.63) is 46.5 Å². The number of unbranched alkanes of at least 4 members (excludes halogenated alkanes) is 3. The van der Waals surface area contributed by atoms with Gasteiger partial charge in [-0.1, -0.05) is 28.6 Å². The molecule has 6 nitrogen and oxygen atoms in total.